The lowest BCUT2D eigenvalue weighted by Gasteiger charge is -2.27. The molecule has 0 radical (unpaired) electrons. The minimum Gasteiger partial charge on any atom is -0.497 e. The molecule has 3 aromatic heterocycles. The van der Waals surface area contributed by atoms with Gasteiger partial charge in [0.25, 0.3) is 0 Å². The fourth-order valence-electron chi connectivity index (χ4n) is 3.33. The quantitative estimate of drug-likeness (QED) is 0.506. The SMILES string of the molecule is COc1ccc(CNc2nc(N3CCOCC3)nc3c(-c4cncs4)cnn23)cc1. The van der Waals surface area contributed by atoms with Crippen LogP contribution < -0.4 is 15.0 Å². The van der Waals surface area contributed by atoms with E-state index in [9.17, 15) is 0 Å². The van der Waals surface area contributed by atoms with Crippen molar-refractivity contribution in [2.75, 3.05) is 43.6 Å². The van der Waals surface area contributed by atoms with Crippen molar-refractivity contribution in [3.63, 3.8) is 0 Å². The minimum atomic E-state index is 0.606. The molecule has 4 heterocycles. The van der Waals surface area contributed by atoms with Crippen LogP contribution in [0.2, 0.25) is 0 Å². The molecule has 0 atom stereocenters. The van der Waals surface area contributed by atoms with E-state index < -0.39 is 0 Å². The lowest BCUT2D eigenvalue weighted by Crippen LogP contribution is -2.37. The second kappa shape index (κ2) is 8.25. The van der Waals surface area contributed by atoms with Crippen LogP contribution in [0.15, 0.2) is 42.2 Å². The van der Waals surface area contributed by atoms with Crippen LogP contribution >= 0.6 is 11.3 Å². The Labute approximate surface area is 177 Å². The van der Waals surface area contributed by atoms with Crippen molar-refractivity contribution in [1.82, 2.24) is 24.6 Å². The Hall–Kier alpha value is -3.24. The Kier molecular flexibility index (Phi) is 5.16. The number of ether oxygens (including phenoxy) is 2. The van der Waals surface area contributed by atoms with Crippen LogP contribution in [0.1, 0.15) is 5.56 Å². The third-order valence-electron chi connectivity index (χ3n) is 4.96. The Morgan fingerprint density at radius 3 is 2.70 bits per heavy atom. The van der Waals surface area contributed by atoms with Crippen LogP contribution in [0.4, 0.5) is 11.9 Å². The first kappa shape index (κ1) is 18.8. The molecule has 10 heteroatoms. The van der Waals surface area contributed by atoms with Crippen molar-refractivity contribution in [3.05, 3.63) is 47.7 Å². The third-order valence-corrected chi connectivity index (χ3v) is 5.76. The summed E-state index contributed by atoms with van der Waals surface area (Å²) >= 11 is 1.57. The zero-order chi connectivity index (χ0) is 20.3. The van der Waals surface area contributed by atoms with Gasteiger partial charge in [-0.2, -0.15) is 19.6 Å². The number of rotatable bonds is 6. The molecular weight excluding hydrogens is 402 g/mol. The molecule has 1 N–H and O–H groups in total. The molecule has 0 saturated carbocycles. The molecule has 5 rings (SSSR count). The molecule has 30 heavy (non-hydrogen) atoms. The number of thiazole rings is 1. The van der Waals surface area contributed by atoms with Gasteiger partial charge in [0, 0.05) is 25.8 Å². The Morgan fingerprint density at radius 1 is 1.13 bits per heavy atom. The molecule has 0 bridgehead atoms. The Balaban J connectivity index is 1.51. The van der Waals surface area contributed by atoms with Gasteiger partial charge in [0.05, 0.1) is 42.5 Å². The highest BCUT2D eigenvalue weighted by atomic mass is 32.1. The smallest absolute Gasteiger partial charge is 0.230 e. The number of methoxy groups -OCH3 is 1. The topological polar surface area (TPSA) is 89.7 Å². The zero-order valence-corrected chi connectivity index (χ0v) is 17.3. The van der Waals surface area contributed by atoms with Gasteiger partial charge in [-0.05, 0) is 17.7 Å². The number of benzene rings is 1. The van der Waals surface area contributed by atoms with Crippen molar-refractivity contribution < 1.29 is 9.47 Å². The number of morpholine rings is 1. The number of anilines is 2. The van der Waals surface area contributed by atoms with E-state index in [0.717, 1.165) is 40.5 Å². The van der Waals surface area contributed by atoms with Gasteiger partial charge in [-0.15, -0.1) is 11.3 Å². The third kappa shape index (κ3) is 3.66. The summed E-state index contributed by atoms with van der Waals surface area (Å²) in [6.45, 7) is 3.47. The number of hydrogen-bond donors (Lipinski definition) is 1. The minimum absolute atomic E-state index is 0.606. The van der Waals surface area contributed by atoms with Crippen molar-refractivity contribution in [1.29, 1.82) is 0 Å². The van der Waals surface area contributed by atoms with Crippen LogP contribution in [-0.2, 0) is 11.3 Å². The normalized spacial score (nSPS) is 14.2. The summed E-state index contributed by atoms with van der Waals surface area (Å²) in [5.41, 5.74) is 4.63. The molecule has 0 aliphatic carbocycles. The van der Waals surface area contributed by atoms with Gasteiger partial charge in [-0.25, -0.2) is 0 Å². The van der Waals surface area contributed by atoms with Gasteiger partial charge in [0.1, 0.15) is 5.75 Å². The molecule has 4 aromatic rings. The first-order chi connectivity index (χ1) is 14.8. The highest BCUT2D eigenvalue weighted by molar-refractivity contribution is 7.13. The lowest BCUT2D eigenvalue weighted by molar-refractivity contribution is 0.122. The molecule has 9 nitrogen and oxygen atoms in total. The number of aromatic nitrogens is 5. The van der Waals surface area contributed by atoms with Crippen molar-refractivity contribution in [2.24, 2.45) is 0 Å². The molecule has 1 saturated heterocycles. The van der Waals surface area contributed by atoms with Gasteiger partial charge in [-0.3, -0.25) is 4.98 Å². The lowest BCUT2D eigenvalue weighted by atomic mass is 10.2. The van der Waals surface area contributed by atoms with Gasteiger partial charge >= 0.3 is 0 Å². The summed E-state index contributed by atoms with van der Waals surface area (Å²) in [6.07, 6.45) is 3.65. The Morgan fingerprint density at radius 2 is 1.97 bits per heavy atom. The van der Waals surface area contributed by atoms with Crippen LogP contribution in [0.5, 0.6) is 5.75 Å². The summed E-state index contributed by atoms with van der Waals surface area (Å²) in [6, 6.07) is 7.95. The monoisotopic (exact) mass is 423 g/mol. The first-order valence-electron chi connectivity index (χ1n) is 9.66. The molecule has 0 unspecified atom stereocenters. The standard InChI is InChI=1S/C20H21N7O2S/c1-28-15-4-2-14(3-5-15)10-22-19-25-20(26-6-8-29-9-7-26)24-18-16(11-23-27(18)19)17-12-21-13-30-17/h2-5,11-13H,6-10H2,1H3,(H,22,24,25). The summed E-state index contributed by atoms with van der Waals surface area (Å²) < 4.78 is 12.5. The van der Waals surface area contributed by atoms with E-state index in [4.69, 9.17) is 19.4 Å². The van der Waals surface area contributed by atoms with E-state index in [1.807, 2.05) is 42.2 Å². The van der Waals surface area contributed by atoms with Gasteiger partial charge in [-0.1, -0.05) is 12.1 Å². The average Bonchev–Trinajstić information content (AvgIpc) is 3.48. The summed E-state index contributed by atoms with van der Waals surface area (Å²) in [5, 5.41) is 7.96. The van der Waals surface area contributed by atoms with E-state index in [1.165, 1.54) is 0 Å². The summed E-state index contributed by atoms with van der Waals surface area (Å²) in [7, 11) is 1.66. The second-order valence-corrected chi connectivity index (χ2v) is 7.69. The molecule has 1 aromatic carbocycles. The van der Waals surface area contributed by atoms with Crippen molar-refractivity contribution in [2.45, 2.75) is 6.54 Å². The van der Waals surface area contributed by atoms with Crippen LogP contribution in [0.3, 0.4) is 0 Å². The molecule has 1 aliphatic rings. The predicted octanol–water partition coefficient (Wildman–Crippen LogP) is 2.71. The summed E-state index contributed by atoms with van der Waals surface area (Å²) in [5.74, 6) is 2.15. The maximum atomic E-state index is 5.48. The second-order valence-electron chi connectivity index (χ2n) is 6.81. The van der Waals surface area contributed by atoms with E-state index in [0.29, 0.717) is 31.7 Å². The number of hydrogen-bond acceptors (Lipinski definition) is 9. The van der Waals surface area contributed by atoms with E-state index in [1.54, 1.807) is 23.0 Å². The van der Waals surface area contributed by atoms with E-state index in [-0.39, 0.29) is 0 Å². The van der Waals surface area contributed by atoms with E-state index in [2.05, 4.69) is 20.3 Å². The highest BCUT2D eigenvalue weighted by Gasteiger charge is 2.20. The highest BCUT2D eigenvalue weighted by Crippen LogP contribution is 2.29. The zero-order valence-electron chi connectivity index (χ0n) is 16.5. The van der Waals surface area contributed by atoms with Gasteiger partial charge < -0.3 is 19.7 Å². The fraction of sp³-hybridized carbons (Fsp3) is 0.300. The number of nitrogens with zero attached hydrogens (tertiary/aromatic N) is 6. The largest absolute Gasteiger partial charge is 0.497 e. The molecule has 0 spiro atoms. The van der Waals surface area contributed by atoms with Gasteiger partial charge in [0.15, 0.2) is 5.65 Å². The molecule has 1 aliphatic heterocycles. The predicted molar refractivity (Wildman–Crippen MR) is 115 cm³/mol. The molecule has 154 valence electrons. The van der Waals surface area contributed by atoms with Crippen molar-refractivity contribution in [3.8, 4) is 16.2 Å². The van der Waals surface area contributed by atoms with Gasteiger partial charge in [0.2, 0.25) is 11.9 Å². The van der Waals surface area contributed by atoms with Crippen LogP contribution in [0.25, 0.3) is 16.1 Å². The molecule has 0 amide bonds. The van der Waals surface area contributed by atoms with Crippen LogP contribution in [0, 0.1) is 0 Å². The average molecular weight is 424 g/mol. The number of fused-ring (bicyclic) bond motifs is 1. The maximum Gasteiger partial charge on any atom is 0.230 e. The maximum absolute atomic E-state index is 5.48. The first-order valence-corrected chi connectivity index (χ1v) is 10.5. The number of nitrogens with one attached hydrogen (secondary N) is 1. The summed E-state index contributed by atoms with van der Waals surface area (Å²) in [4.78, 5) is 17.0. The fourth-order valence-corrected chi connectivity index (χ4v) is 3.96. The van der Waals surface area contributed by atoms with Crippen LogP contribution in [-0.4, -0.2) is 58.0 Å². The van der Waals surface area contributed by atoms with Crippen molar-refractivity contribution >= 4 is 28.9 Å². The molecule has 1 fully saturated rings. The Bertz CT molecular complexity index is 1120. The van der Waals surface area contributed by atoms with E-state index >= 15 is 0 Å². The molecular formula is C20H21N7O2S.